The van der Waals surface area contributed by atoms with Gasteiger partial charge in [-0.15, -0.1) is 11.3 Å². The van der Waals surface area contributed by atoms with Gasteiger partial charge in [-0.3, -0.25) is 0 Å². The molecular formula is C16H24N2O2S2. The maximum atomic E-state index is 12.4. The lowest BCUT2D eigenvalue weighted by Crippen LogP contribution is -2.28. The summed E-state index contributed by atoms with van der Waals surface area (Å²) >= 11 is 6.93. The summed E-state index contributed by atoms with van der Waals surface area (Å²) in [6, 6.07) is 0. The molecule has 0 atom stereocenters. The van der Waals surface area contributed by atoms with E-state index in [9.17, 15) is 4.79 Å². The van der Waals surface area contributed by atoms with Gasteiger partial charge < -0.3 is 15.4 Å². The Morgan fingerprint density at radius 3 is 2.64 bits per heavy atom. The molecule has 1 aromatic rings. The molecule has 0 radical (unpaired) electrons. The lowest BCUT2D eigenvalue weighted by Gasteiger charge is -2.12. The number of anilines is 1. The van der Waals surface area contributed by atoms with Crippen LogP contribution in [0.5, 0.6) is 0 Å². The molecule has 0 saturated carbocycles. The van der Waals surface area contributed by atoms with Crippen LogP contribution in [-0.2, 0) is 17.6 Å². The van der Waals surface area contributed by atoms with E-state index in [-0.39, 0.29) is 5.97 Å². The van der Waals surface area contributed by atoms with E-state index < -0.39 is 0 Å². The van der Waals surface area contributed by atoms with Gasteiger partial charge >= 0.3 is 5.97 Å². The molecule has 0 aromatic carbocycles. The molecule has 0 saturated heterocycles. The van der Waals surface area contributed by atoms with Crippen molar-refractivity contribution in [2.45, 2.75) is 52.4 Å². The second-order valence-electron chi connectivity index (χ2n) is 5.33. The standard InChI is InChI=1S/C16H24N2O2S2/c1-3-17-16(21)18-14-13(15(19)20-4-2)11-9-7-5-6-8-10-12(11)22-14/h3-10H2,1-2H3,(H2,17,18,21). The third-order valence-corrected chi connectivity index (χ3v) is 5.17. The first kappa shape index (κ1) is 17.2. The lowest BCUT2D eigenvalue weighted by molar-refractivity contribution is 0.0526. The van der Waals surface area contributed by atoms with Crippen LogP contribution in [0.2, 0.25) is 0 Å². The fourth-order valence-corrected chi connectivity index (χ4v) is 4.33. The van der Waals surface area contributed by atoms with E-state index in [4.69, 9.17) is 17.0 Å². The molecule has 1 aromatic heterocycles. The molecule has 2 rings (SSSR count). The number of fused-ring (bicyclic) bond motifs is 1. The van der Waals surface area contributed by atoms with Crippen LogP contribution in [0.15, 0.2) is 0 Å². The minimum absolute atomic E-state index is 0.234. The SMILES string of the molecule is CCNC(=S)Nc1sc2c(c1C(=O)OCC)CCCCCC2. The minimum atomic E-state index is -0.234. The topological polar surface area (TPSA) is 50.4 Å². The van der Waals surface area contributed by atoms with Crippen LogP contribution in [0.1, 0.15) is 60.3 Å². The zero-order valence-corrected chi connectivity index (χ0v) is 14.9. The second-order valence-corrected chi connectivity index (χ2v) is 6.84. The predicted molar refractivity (Wildman–Crippen MR) is 96.0 cm³/mol. The molecule has 6 heteroatoms. The van der Waals surface area contributed by atoms with Crippen molar-refractivity contribution >= 4 is 39.6 Å². The van der Waals surface area contributed by atoms with E-state index in [1.165, 1.54) is 29.7 Å². The van der Waals surface area contributed by atoms with Gasteiger partial charge in [0, 0.05) is 11.4 Å². The normalized spacial score (nSPS) is 14.5. The average molecular weight is 341 g/mol. The number of aryl methyl sites for hydroxylation is 1. The highest BCUT2D eigenvalue weighted by Crippen LogP contribution is 2.37. The fraction of sp³-hybridized carbons (Fsp3) is 0.625. The maximum Gasteiger partial charge on any atom is 0.341 e. The molecule has 1 aliphatic rings. The van der Waals surface area contributed by atoms with Gasteiger partial charge in [-0.2, -0.15) is 0 Å². The minimum Gasteiger partial charge on any atom is -0.462 e. The van der Waals surface area contributed by atoms with Crippen molar-refractivity contribution in [2.24, 2.45) is 0 Å². The van der Waals surface area contributed by atoms with Crippen molar-refractivity contribution in [3.05, 3.63) is 16.0 Å². The monoisotopic (exact) mass is 340 g/mol. The van der Waals surface area contributed by atoms with Crippen LogP contribution in [0.25, 0.3) is 0 Å². The number of ether oxygens (including phenoxy) is 1. The Labute approximate surface area is 141 Å². The molecule has 122 valence electrons. The summed E-state index contributed by atoms with van der Waals surface area (Å²) < 4.78 is 5.27. The van der Waals surface area contributed by atoms with Crippen LogP contribution in [-0.4, -0.2) is 24.2 Å². The summed E-state index contributed by atoms with van der Waals surface area (Å²) in [4.78, 5) is 13.7. The van der Waals surface area contributed by atoms with E-state index in [1.54, 1.807) is 11.3 Å². The number of thiocarbonyl (C=S) groups is 1. The van der Waals surface area contributed by atoms with Crippen molar-refractivity contribution in [3.8, 4) is 0 Å². The molecule has 1 aliphatic carbocycles. The third kappa shape index (κ3) is 4.20. The van der Waals surface area contributed by atoms with Crippen molar-refractivity contribution in [1.29, 1.82) is 0 Å². The molecule has 4 nitrogen and oxygen atoms in total. The highest BCUT2D eigenvalue weighted by molar-refractivity contribution is 7.80. The summed E-state index contributed by atoms with van der Waals surface area (Å²) in [6.07, 6.45) is 6.82. The van der Waals surface area contributed by atoms with Crippen molar-refractivity contribution in [3.63, 3.8) is 0 Å². The van der Waals surface area contributed by atoms with Crippen LogP contribution >= 0.6 is 23.6 Å². The van der Waals surface area contributed by atoms with Crippen molar-refractivity contribution < 1.29 is 9.53 Å². The Balaban J connectivity index is 2.35. The summed E-state index contributed by atoms with van der Waals surface area (Å²) in [5, 5.41) is 7.65. The number of nitrogens with one attached hydrogen (secondary N) is 2. The van der Waals surface area contributed by atoms with Crippen LogP contribution in [0.3, 0.4) is 0 Å². The van der Waals surface area contributed by atoms with E-state index in [0.29, 0.717) is 17.3 Å². The van der Waals surface area contributed by atoms with Gasteiger partial charge in [-0.05, 0) is 57.3 Å². The van der Waals surface area contributed by atoms with E-state index in [1.807, 2.05) is 13.8 Å². The first-order valence-corrected chi connectivity index (χ1v) is 9.26. The number of rotatable bonds is 4. The zero-order chi connectivity index (χ0) is 15.9. The zero-order valence-electron chi connectivity index (χ0n) is 13.3. The highest BCUT2D eigenvalue weighted by atomic mass is 32.1. The summed E-state index contributed by atoms with van der Waals surface area (Å²) in [5.41, 5.74) is 1.87. The Kier molecular flexibility index (Phi) is 6.64. The van der Waals surface area contributed by atoms with Gasteiger partial charge in [0.1, 0.15) is 5.00 Å². The predicted octanol–water partition coefficient (Wildman–Crippen LogP) is 3.89. The van der Waals surface area contributed by atoms with Gasteiger partial charge in [0.05, 0.1) is 12.2 Å². The van der Waals surface area contributed by atoms with Crippen LogP contribution < -0.4 is 10.6 Å². The van der Waals surface area contributed by atoms with Gasteiger partial charge in [-0.1, -0.05) is 12.8 Å². The van der Waals surface area contributed by atoms with Gasteiger partial charge in [0.25, 0.3) is 0 Å². The van der Waals surface area contributed by atoms with Gasteiger partial charge in [-0.25, -0.2) is 4.79 Å². The Bertz CT molecular complexity index is 540. The van der Waals surface area contributed by atoms with Crippen molar-refractivity contribution in [1.82, 2.24) is 5.32 Å². The summed E-state index contributed by atoms with van der Waals surface area (Å²) in [6.45, 7) is 4.98. The number of esters is 1. The van der Waals surface area contributed by atoms with E-state index in [2.05, 4.69) is 10.6 Å². The number of hydrogen-bond acceptors (Lipinski definition) is 4. The number of carbonyl (C=O) groups excluding carboxylic acids is 1. The smallest absolute Gasteiger partial charge is 0.341 e. The number of carbonyl (C=O) groups is 1. The molecule has 1 heterocycles. The largest absolute Gasteiger partial charge is 0.462 e. The van der Waals surface area contributed by atoms with E-state index >= 15 is 0 Å². The summed E-state index contributed by atoms with van der Waals surface area (Å²) in [7, 11) is 0. The highest BCUT2D eigenvalue weighted by Gasteiger charge is 2.25. The average Bonchev–Trinajstić information content (AvgIpc) is 2.76. The molecular weight excluding hydrogens is 316 g/mol. The molecule has 0 unspecified atom stereocenters. The van der Waals surface area contributed by atoms with Gasteiger partial charge in [0.2, 0.25) is 0 Å². The number of hydrogen-bond donors (Lipinski definition) is 2. The summed E-state index contributed by atoms with van der Waals surface area (Å²) in [5.74, 6) is -0.234. The molecule has 0 bridgehead atoms. The molecule has 2 N–H and O–H groups in total. The molecule has 0 amide bonds. The third-order valence-electron chi connectivity index (χ3n) is 3.72. The van der Waals surface area contributed by atoms with E-state index in [0.717, 1.165) is 30.8 Å². The van der Waals surface area contributed by atoms with Gasteiger partial charge in [0.15, 0.2) is 5.11 Å². The lowest BCUT2D eigenvalue weighted by atomic mass is 9.96. The Morgan fingerprint density at radius 2 is 1.95 bits per heavy atom. The molecule has 0 spiro atoms. The molecule has 0 fully saturated rings. The second kappa shape index (κ2) is 8.48. The van der Waals surface area contributed by atoms with Crippen LogP contribution in [0, 0.1) is 0 Å². The first-order valence-electron chi connectivity index (χ1n) is 8.03. The quantitative estimate of drug-likeness (QED) is 0.643. The maximum absolute atomic E-state index is 12.4. The molecule has 22 heavy (non-hydrogen) atoms. The Hall–Kier alpha value is -1.14. The fourth-order valence-electron chi connectivity index (χ4n) is 2.73. The van der Waals surface area contributed by atoms with Crippen LogP contribution in [0.4, 0.5) is 5.00 Å². The Morgan fingerprint density at radius 1 is 1.23 bits per heavy atom. The number of thiophene rings is 1. The molecule has 0 aliphatic heterocycles. The first-order chi connectivity index (χ1) is 10.7. The van der Waals surface area contributed by atoms with Crippen molar-refractivity contribution in [2.75, 3.05) is 18.5 Å².